The zero-order valence-electron chi connectivity index (χ0n) is 16.3. The molecule has 0 spiro atoms. The van der Waals surface area contributed by atoms with Crippen LogP contribution in [-0.4, -0.2) is 55.1 Å². The maximum atomic E-state index is 12.4. The molecule has 0 amide bonds. The van der Waals surface area contributed by atoms with Gasteiger partial charge >= 0.3 is 0 Å². The number of ether oxygens (including phenoxy) is 1. The van der Waals surface area contributed by atoms with Gasteiger partial charge in [-0.15, -0.1) is 11.3 Å². The number of allylic oxidation sites excluding steroid dienone is 1. The normalized spacial score (nSPS) is 11.4. The van der Waals surface area contributed by atoms with E-state index in [1.807, 2.05) is 69.5 Å². The fourth-order valence-corrected chi connectivity index (χ4v) is 3.14. The summed E-state index contributed by atoms with van der Waals surface area (Å²) >= 11 is 1.26. The van der Waals surface area contributed by atoms with Crippen LogP contribution in [0.15, 0.2) is 59.2 Å². The quantitative estimate of drug-likeness (QED) is 0.254. The van der Waals surface area contributed by atoms with Crippen LogP contribution < -0.4 is 4.74 Å². The Hall–Kier alpha value is -3.19. The molecule has 6 nitrogen and oxygen atoms in total. The SMILES string of the molecule is CN(C)C=Nc1ccc(Oc2ncsc2C(=O)/C=C/N(C)C)c2ccccc12. The molecule has 0 aliphatic heterocycles. The zero-order valence-corrected chi connectivity index (χ0v) is 17.1. The highest BCUT2D eigenvalue weighted by Gasteiger charge is 2.16. The minimum atomic E-state index is -0.136. The Bertz CT molecular complexity index is 1040. The van der Waals surface area contributed by atoms with E-state index in [4.69, 9.17) is 4.74 Å². The number of carbonyl (C=O) groups excluding carboxylic acids is 1. The third kappa shape index (κ3) is 4.55. The summed E-state index contributed by atoms with van der Waals surface area (Å²) in [5.41, 5.74) is 2.46. The van der Waals surface area contributed by atoms with Crippen LogP contribution in [-0.2, 0) is 0 Å². The first-order chi connectivity index (χ1) is 13.5. The topological polar surface area (TPSA) is 58.0 Å². The average Bonchev–Trinajstić information content (AvgIpc) is 3.13. The smallest absolute Gasteiger partial charge is 0.241 e. The number of hydrogen-bond donors (Lipinski definition) is 0. The van der Waals surface area contributed by atoms with Gasteiger partial charge in [-0.1, -0.05) is 24.3 Å². The zero-order chi connectivity index (χ0) is 20.1. The molecule has 0 aliphatic rings. The van der Waals surface area contributed by atoms with Gasteiger partial charge in [0.2, 0.25) is 11.7 Å². The first-order valence-corrected chi connectivity index (χ1v) is 9.56. The van der Waals surface area contributed by atoms with E-state index < -0.39 is 0 Å². The standard InChI is InChI=1S/C21H22N4O2S/c1-24(2)12-11-18(26)20-21(23-14-28-20)27-19-10-9-17(22-13-25(3)4)15-7-5-6-8-16(15)19/h5-14H,1-4H3/b12-11+,22-13?. The minimum Gasteiger partial charge on any atom is -0.437 e. The van der Waals surface area contributed by atoms with Crippen LogP contribution in [0.1, 0.15) is 9.67 Å². The number of nitrogens with zero attached hydrogens (tertiary/aromatic N) is 4. The first-order valence-electron chi connectivity index (χ1n) is 8.68. The van der Waals surface area contributed by atoms with Crippen molar-refractivity contribution >= 4 is 39.9 Å². The fourth-order valence-electron chi connectivity index (χ4n) is 2.50. The molecule has 0 aliphatic carbocycles. The molecule has 0 bridgehead atoms. The summed E-state index contributed by atoms with van der Waals surface area (Å²) in [6.45, 7) is 0. The van der Waals surface area contributed by atoms with Gasteiger partial charge in [-0.05, 0) is 12.1 Å². The van der Waals surface area contributed by atoms with Gasteiger partial charge in [0, 0.05) is 51.2 Å². The molecule has 3 rings (SSSR count). The first kappa shape index (κ1) is 19.6. The highest BCUT2D eigenvalue weighted by molar-refractivity contribution is 7.12. The van der Waals surface area contributed by atoms with Gasteiger partial charge in [0.05, 0.1) is 17.5 Å². The van der Waals surface area contributed by atoms with Crippen LogP contribution in [0.5, 0.6) is 11.6 Å². The van der Waals surface area contributed by atoms with Gasteiger partial charge in [0.1, 0.15) is 10.6 Å². The van der Waals surface area contributed by atoms with Crippen LogP contribution in [0.4, 0.5) is 5.69 Å². The summed E-state index contributed by atoms with van der Waals surface area (Å²) in [6.07, 6.45) is 4.98. The molecule has 1 heterocycles. The maximum Gasteiger partial charge on any atom is 0.241 e. The van der Waals surface area contributed by atoms with Crippen molar-refractivity contribution in [3.05, 3.63) is 59.1 Å². The lowest BCUT2D eigenvalue weighted by Gasteiger charge is -2.10. The largest absolute Gasteiger partial charge is 0.437 e. The third-order valence-corrected chi connectivity index (χ3v) is 4.60. The molecule has 144 valence electrons. The molecule has 0 saturated carbocycles. The number of carbonyl (C=O) groups is 1. The predicted octanol–water partition coefficient (Wildman–Crippen LogP) is 4.57. The Morgan fingerprint density at radius 1 is 1.07 bits per heavy atom. The van der Waals surface area contributed by atoms with Gasteiger partial charge in [0.15, 0.2) is 0 Å². The summed E-state index contributed by atoms with van der Waals surface area (Å²) in [5, 5.41) is 1.87. The summed E-state index contributed by atoms with van der Waals surface area (Å²) in [7, 11) is 7.57. The highest BCUT2D eigenvalue weighted by Crippen LogP contribution is 2.36. The molecular formula is C21H22N4O2S. The molecule has 0 unspecified atom stereocenters. The van der Waals surface area contributed by atoms with Crippen molar-refractivity contribution in [1.82, 2.24) is 14.8 Å². The van der Waals surface area contributed by atoms with E-state index >= 15 is 0 Å². The number of rotatable bonds is 7. The Balaban J connectivity index is 1.96. The van der Waals surface area contributed by atoms with Crippen LogP contribution >= 0.6 is 11.3 Å². The summed E-state index contributed by atoms with van der Waals surface area (Å²) in [6, 6.07) is 11.6. The van der Waals surface area contributed by atoms with E-state index in [0.717, 1.165) is 16.5 Å². The van der Waals surface area contributed by atoms with Crippen molar-refractivity contribution in [3.8, 4) is 11.6 Å². The number of benzene rings is 2. The second kappa shape index (κ2) is 8.67. The molecule has 28 heavy (non-hydrogen) atoms. The van der Waals surface area contributed by atoms with E-state index in [0.29, 0.717) is 16.5 Å². The lowest BCUT2D eigenvalue weighted by atomic mass is 10.1. The molecule has 0 atom stereocenters. The van der Waals surface area contributed by atoms with E-state index in [1.165, 1.54) is 17.4 Å². The van der Waals surface area contributed by atoms with Crippen molar-refractivity contribution in [3.63, 3.8) is 0 Å². The van der Waals surface area contributed by atoms with Crippen LogP contribution in [0.3, 0.4) is 0 Å². The molecule has 0 saturated heterocycles. The number of thiazole rings is 1. The van der Waals surface area contributed by atoms with E-state index in [1.54, 1.807) is 22.9 Å². The number of fused-ring (bicyclic) bond motifs is 1. The number of aromatic nitrogens is 1. The molecule has 1 aromatic heterocycles. The van der Waals surface area contributed by atoms with Crippen molar-refractivity contribution in [1.29, 1.82) is 0 Å². The van der Waals surface area contributed by atoms with Gasteiger partial charge in [-0.2, -0.15) is 0 Å². The van der Waals surface area contributed by atoms with E-state index in [9.17, 15) is 4.79 Å². The summed E-state index contributed by atoms with van der Waals surface area (Å²) < 4.78 is 6.04. The highest BCUT2D eigenvalue weighted by atomic mass is 32.1. The maximum absolute atomic E-state index is 12.4. The van der Waals surface area contributed by atoms with Crippen molar-refractivity contribution in [2.45, 2.75) is 0 Å². The lowest BCUT2D eigenvalue weighted by Crippen LogP contribution is -2.06. The minimum absolute atomic E-state index is 0.136. The van der Waals surface area contributed by atoms with Crippen LogP contribution in [0, 0.1) is 0 Å². The predicted molar refractivity (Wildman–Crippen MR) is 115 cm³/mol. The van der Waals surface area contributed by atoms with Crippen molar-refractivity contribution in [2.24, 2.45) is 4.99 Å². The molecule has 0 N–H and O–H groups in total. The molecule has 3 aromatic rings. The number of ketones is 1. The van der Waals surface area contributed by atoms with E-state index in [-0.39, 0.29) is 5.78 Å². The number of hydrogen-bond acceptors (Lipinski definition) is 6. The molecule has 2 aromatic carbocycles. The van der Waals surface area contributed by atoms with Gasteiger partial charge in [-0.25, -0.2) is 9.98 Å². The Labute approximate surface area is 168 Å². The van der Waals surface area contributed by atoms with Crippen molar-refractivity contribution in [2.75, 3.05) is 28.2 Å². The van der Waals surface area contributed by atoms with Gasteiger partial charge < -0.3 is 14.5 Å². The lowest BCUT2D eigenvalue weighted by molar-refractivity contribution is 0.104. The van der Waals surface area contributed by atoms with Crippen molar-refractivity contribution < 1.29 is 9.53 Å². The fraction of sp³-hybridized carbons (Fsp3) is 0.190. The molecule has 0 radical (unpaired) electrons. The summed E-state index contributed by atoms with van der Waals surface area (Å²) in [4.78, 5) is 25.4. The van der Waals surface area contributed by atoms with Crippen LogP contribution in [0.2, 0.25) is 0 Å². The third-order valence-electron chi connectivity index (χ3n) is 3.78. The van der Waals surface area contributed by atoms with Gasteiger partial charge in [0.25, 0.3) is 0 Å². The monoisotopic (exact) mass is 394 g/mol. The Morgan fingerprint density at radius 2 is 1.82 bits per heavy atom. The van der Waals surface area contributed by atoms with Crippen LogP contribution in [0.25, 0.3) is 10.8 Å². The van der Waals surface area contributed by atoms with Gasteiger partial charge in [-0.3, -0.25) is 4.79 Å². The molecule has 0 fully saturated rings. The summed E-state index contributed by atoms with van der Waals surface area (Å²) in [5.74, 6) is 0.812. The Morgan fingerprint density at radius 3 is 2.54 bits per heavy atom. The van der Waals surface area contributed by atoms with E-state index in [2.05, 4.69) is 9.98 Å². The second-order valence-electron chi connectivity index (χ2n) is 6.57. The molecular weight excluding hydrogens is 372 g/mol. The molecule has 7 heteroatoms. The number of aliphatic imine (C=N–C) groups is 1. The Kier molecular flexibility index (Phi) is 6.06. The average molecular weight is 395 g/mol. The second-order valence-corrected chi connectivity index (χ2v) is 7.42.